The van der Waals surface area contributed by atoms with E-state index in [-0.39, 0.29) is 6.29 Å². The molecule has 0 aliphatic carbocycles. The average molecular weight is 244 g/mol. The zero-order valence-electron chi connectivity index (χ0n) is 10.5. The van der Waals surface area contributed by atoms with Gasteiger partial charge in [-0.3, -0.25) is 0 Å². The Morgan fingerprint density at radius 1 is 0.722 bits per heavy atom. The van der Waals surface area contributed by atoms with Gasteiger partial charge in [0.15, 0.2) is 0 Å². The van der Waals surface area contributed by atoms with Crippen LogP contribution in [0.25, 0.3) is 0 Å². The fourth-order valence-corrected chi connectivity index (χ4v) is 1.56. The Labute approximate surface area is 107 Å². The number of hydrogen-bond acceptors (Lipinski definition) is 3. The van der Waals surface area contributed by atoms with Crippen molar-refractivity contribution in [3.8, 4) is 17.2 Å². The highest BCUT2D eigenvalue weighted by Crippen LogP contribution is 2.19. The molecule has 3 nitrogen and oxygen atoms in total. The van der Waals surface area contributed by atoms with Crippen LogP contribution in [0.15, 0.2) is 54.6 Å². The predicted octanol–water partition coefficient (Wildman–Crippen LogP) is 3.50. The minimum absolute atomic E-state index is 0.346. The van der Waals surface area contributed by atoms with Gasteiger partial charge < -0.3 is 14.2 Å². The Kier molecular flexibility index (Phi) is 4.07. The van der Waals surface area contributed by atoms with Crippen molar-refractivity contribution in [1.82, 2.24) is 0 Å². The summed E-state index contributed by atoms with van der Waals surface area (Å²) in [6, 6.07) is 17.0. The van der Waals surface area contributed by atoms with E-state index in [9.17, 15) is 0 Å². The molecule has 0 aromatic heterocycles. The van der Waals surface area contributed by atoms with Crippen LogP contribution in [0, 0.1) is 0 Å². The standard InChI is InChI=1S/C15H16O3/c1-12(17-14-6-4-3-5-7-14)18-15-10-8-13(16-2)9-11-15/h3-12H,1-2H3. The van der Waals surface area contributed by atoms with Crippen molar-refractivity contribution >= 4 is 0 Å². The molecule has 2 aromatic rings. The van der Waals surface area contributed by atoms with E-state index in [1.54, 1.807) is 7.11 Å². The van der Waals surface area contributed by atoms with Crippen LogP contribution in [-0.2, 0) is 0 Å². The molecular weight excluding hydrogens is 228 g/mol. The summed E-state index contributed by atoms with van der Waals surface area (Å²) in [6.45, 7) is 1.86. The van der Waals surface area contributed by atoms with Crippen LogP contribution in [0.5, 0.6) is 17.2 Å². The van der Waals surface area contributed by atoms with E-state index in [0.717, 1.165) is 17.2 Å². The zero-order chi connectivity index (χ0) is 12.8. The van der Waals surface area contributed by atoms with Gasteiger partial charge in [-0.25, -0.2) is 0 Å². The van der Waals surface area contributed by atoms with Crippen molar-refractivity contribution in [1.29, 1.82) is 0 Å². The first-order valence-corrected chi connectivity index (χ1v) is 5.80. The van der Waals surface area contributed by atoms with Crippen LogP contribution in [-0.4, -0.2) is 13.4 Å². The van der Waals surface area contributed by atoms with E-state index in [4.69, 9.17) is 14.2 Å². The molecule has 0 N–H and O–H groups in total. The second kappa shape index (κ2) is 5.96. The summed E-state index contributed by atoms with van der Waals surface area (Å²) < 4.78 is 16.3. The smallest absolute Gasteiger partial charge is 0.238 e. The van der Waals surface area contributed by atoms with E-state index in [2.05, 4.69) is 0 Å². The number of benzene rings is 2. The van der Waals surface area contributed by atoms with E-state index in [0.29, 0.717) is 0 Å². The normalized spacial score (nSPS) is 11.7. The van der Waals surface area contributed by atoms with Crippen LogP contribution in [0.2, 0.25) is 0 Å². The lowest BCUT2D eigenvalue weighted by Crippen LogP contribution is -2.19. The molecule has 0 saturated heterocycles. The van der Waals surface area contributed by atoms with Gasteiger partial charge in [0.25, 0.3) is 0 Å². The molecule has 3 heteroatoms. The van der Waals surface area contributed by atoms with E-state index >= 15 is 0 Å². The number of ether oxygens (including phenoxy) is 3. The lowest BCUT2D eigenvalue weighted by atomic mass is 10.3. The SMILES string of the molecule is COc1ccc(OC(C)Oc2ccccc2)cc1. The van der Waals surface area contributed by atoms with Gasteiger partial charge in [0.2, 0.25) is 6.29 Å². The van der Waals surface area contributed by atoms with Crippen molar-refractivity contribution in [2.45, 2.75) is 13.2 Å². The second-order valence-electron chi connectivity index (χ2n) is 3.79. The molecule has 0 amide bonds. The van der Waals surface area contributed by atoms with E-state index in [1.807, 2.05) is 61.5 Å². The molecule has 0 aliphatic heterocycles. The van der Waals surface area contributed by atoms with Crippen molar-refractivity contribution in [3.63, 3.8) is 0 Å². The quantitative estimate of drug-likeness (QED) is 0.753. The number of methoxy groups -OCH3 is 1. The highest BCUT2D eigenvalue weighted by molar-refractivity contribution is 5.31. The third-order valence-electron chi connectivity index (χ3n) is 2.41. The summed E-state index contributed by atoms with van der Waals surface area (Å²) in [6.07, 6.45) is -0.346. The largest absolute Gasteiger partial charge is 0.497 e. The molecule has 0 spiro atoms. The number of para-hydroxylation sites is 1. The molecule has 18 heavy (non-hydrogen) atoms. The van der Waals surface area contributed by atoms with Gasteiger partial charge in [0.05, 0.1) is 7.11 Å². The monoisotopic (exact) mass is 244 g/mol. The lowest BCUT2D eigenvalue weighted by Gasteiger charge is -2.16. The van der Waals surface area contributed by atoms with Crippen molar-refractivity contribution < 1.29 is 14.2 Å². The number of rotatable bonds is 5. The molecule has 94 valence electrons. The molecule has 1 atom stereocenters. The highest BCUT2D eigenvalue weighted by Gasteiger charge is 2.05. The Morgan fingerprint density at radius 2 is 1.22 bits per heavy atom. The average Bonchev–Trinajstić information content (AvgIpc) is 2.40. The molecule has 2 rings (SSSR count). The van der Waals surface area contributed by atoms with Gasteiger partial charge in [-0.05, 0) is 36.4 Å². The first-order valence-electron chi connectivity index (χ1n) is 5.80. The maximum atomic E-state index is 5.64. The summed E-state index contributed by atoms with van der Waals surface area (Å²) in [4.78, 5) is 0. The third kappa shape index (κ3) is 3.42. The molecule has 0 bridgehead atoms. The third-order valence-corrected chi connectivity index (χ3v) is 2.41. The maximum Gasteiger partial charge on any atom is 0.238 e. The van der Waals surface area contributed by atoms with Crippen LogP contribution in [0.3, 0.4) is 0 Å². The van der Waals surface area contributed by atoms with Crippen LogP contribution in [0.1, 0.15) is 6.92 Å². The van der Waals surface area contributed by atoms with Crippen molar-refractivity contribution in [2.75, 3.05) is 7.11 Å². The lowest BCUT2D eigenvalue weighted by molar-refractivity contribution is 0.0223. The van der Waals surface area contributed by atoms with Gasteiger partial charge in [-0.15, -0.1) is 0 Å². The molecule has 1 unspecified atom stereocenters. The molecule has 0 saturated carbocycles. The van der Waals surface area contributed by atoms with Gasteiger partial charge >= 0.3 is 0 Å². The Morgan fingerprint density at radius 3 is 1.78 bits per heavy atom. The Balaban J connectivity index is 1.92. The molecular formula is C15H16O3. The zero-order valence-corrected chi connectivity index (χ0v) is 10.5. The summed E-state index contributed by atoms with van der Waals surface area (Å²) in [5, 5.41) is 0. The van der Waals surface area contributed by atoms with E-state index < -0.39 is 0 Å². The summed E-state index contributed by atoms with van der Waals surface area (Å²) in [5.74, 6) is 2.34. The van der Waals surface area contributed by atoms with Gasteiger partial charge in [-0.2, -0.15) is 0 Å². The maximum absolute atomic E-state index is 5.64. The van der Waals surface area contributed by atoms with Crippen LogP contribution >= 0.6 is 0 Å². The Hall–Kier alpha value is -2.16. The fraction of sp³-hybridized carbons (Fsp3) is 0.200. The summed E-state index contributed by atoms with van der Waals surface area (Å²) in [5.41, 5.74) is 0. The van der Waals surface area contributed by atoms with E-state index in [1.165, 1.54) is 0 Å². The minimum Gasteiger partial charge on any atom is -0.497 e. The van der Waals surface area contributed by atoms with Gasteiger partial charge in [0.1, 0.15) is 17.2 Å². The molecule has 2 aromatic carbocycles. The minimum atomic E-state index is -0.346. The molecule has 0 fully saturated rings. The summed E-state index contributed by atoms with van der Waals surface area (Å²) >= 11 is 0. The Bertz CT molecular complexity index is 465. The van der Waals surface area contributed by atoms with Crippen LogP contribution < -0.4 is 14.2 Å². The highest BCUT2D eigenvalue weighted by atomic mass is 16.7. The fourth-order valence-electron chi connectivity index (χ4n) is 1.56. The van der Waals surface area contributed by atoms with Crippen molar-refractivity contribution in [2.24, 2.45) is 0 Å². The first kappa shape index (κ1) is 12.3. The van der Waals surface area contributed by atoms with Gasteiger partial charge in [-0.1, -0.05) is 18.2 Å². The predicted molar refractivity (Wildman–Crippen MR) is 70.2 cm³/mol. The van der Waals surface area contributed by atoms with Crippen molar-refractivity contribution in [3.05, 3.63) is 54.6 Å². The first-order chi connectivity index (χ1) is 8.78. The molecule has 0 aliphatic rings. The van der Waals surface area contributed by atoms with Crippen LogP contribution in [0.4, 0.5) is 0 Å². The molecule has 0 radical (unpaired) electrons. The number of hydrogen-bond donors (Lipinski definition) is 0. The topological polar surface area (TPSA) is 27.7 Å². The molecule has 0 heterocycles. The second-order valence-corrected chi connectivity index (χ2v) is 3.79. The van der Waals surface area contributed by atoms with Gasteiger partial charge in [0, 0.05) is 6.92 Å². The summed E-state index contributed by atoms with van der Waals surface area (Å²) in [7, 11) is 1.64.